The van der Waals surface area contributed by atoms with Gasteiger partial charge in [0, 0.05) is 4.88 Å². The van der Waals surface area contributed by atoms with Crippen LogP contribution in [0, 0.1) is 20.8 Å². The van der Waals surface area contributed by atoms with Crippen molar-refractivity contribution < 1.29 is 18.3 Å². The molecule has 0 amide bonds. The van der Waals surface area contributed by atoms with Gasteiger partial charge in [-0.2, -0.15) is 0 Å². The van der Waals surface area contributed by atoms with E-state index in [0.29, 0.717) is 10.6 Å². The Balaban J connectivity index is 2.43. The molecule has 7 heteroatoms. The number of thiophene rings is 1. The number of carbonyl (C=O) groups is 1. The molecule has 0 spiro atoms. The number of carboxylic acids is 1. The van der Waals surface area contributed by atoms with Gasteiger partial charge in [-0.15, -0.1) is 11.3 Å². The first-order valence-corrected chi connectivity index (χ1v) is 8.44. The summed E-state index contributed by atoms with van der Waals surface area (Å²) >= 11 is 0.949. The molecule has 0 atom stereocenters. The lowest BCUT2D eigenvalue weighted by molar-refractivity contribution is 0.0702. The predicted octanol–water partition coefficient (Wildman–Crippen LogP) is 3.17. The van der Waals surface area contributed by atoms with Gasteiger partial charge in [0.2, 0.25) is 0 Å². The molecule has 1 heterocycles. The molecule has 21 heavy (non-hydrogen) atoms. The van der Waals surface area contributed by atoms with E-state index in [1.165, 1.54) is 6.07 Å². The molecule has 0 fully saturated rings. The molecule has 1 aromatic heterocycles. The minimum absolute atomic E-state index is 0.00538. The number of benzene rings is 1. The Hall–Kier alpha value is -1.86. The van der Waals surface area contributed by atoms with Crippen LogP contribution >= 0.6 is 11.3 Å². The van der Waals surface area contributed by atoms with Crippen LogP contribution in [0.25, 0.3) is 0 Å². The molecule has 1 aromatic carbocycles. The second-order valence-electron chi connectivity index (χ2n) is 4.76. The number of nitrogens with one attached hydrogen (secondary N) is 1. The van der Waals surface area contributed by atoms with Crippen molar-refractivity contribution in [3.63, 3.8) is 0 Å². The summed E-state index contributed by atoms with van der Waals surface area (Å²) in [6.45, 7) is 5.27. The summed E-state index contributed by atoms with van der Waals surface area (Å²) in [5.41, 5.74) is 2.24. The summed E-state index contributed by atoms with van der Waals surface area (Å²) in [5, 5.41) is 8.95. The highest BCUT2D eigenvalue weighted by Gasteiger charge is 2.22. The van der Waals surface area contributed by atoms with Gasteiger partial charge in [-0.1, -0.05) is 12.1 Å². The van der Waals surface area contributed by atoms with Crippen LogP contribution in [0.2, 0.25) is 0 Å². The SMILES string of the molecule is Cc1ccc(C)c(NS(=O)(=O)c2cc(C(=O)O)sc2C)c1. The maximum atomic E-state index is 12.4. The van der Waals surface area contributed by atoms with E-state index in [1.807, 2.05) is 19.1 Å². The zero-order valence-corrected chi connectivity index (χ0v) is 13.4. The first-order chi connectivity index (χ1) is 9.70. The fourth-order valence-electron chi connectivity index (χ4n) is 1.88. The third-order valence-electron chi connectivity index (χ3n) is 3.01. The Kier molecular flexibility index (Phi) is 4.06. The molecule has 0 saturated carbocycles. The molecular formula is C14H15NO4S2. The third-order valence-corrected chi connectivity index (χ3v) is 5.67. The van der Waals surface area contributed by atoms with Crippen LogP contribution in [-0.2, 0) is 10.0 Å². The molecule has 0 radical (unpaired) electrons. The number of aryl methyl sites for hydroxylation is 3. The van der Waals surface area contributed by atoms with Gasteiger partial charge in [-0.25, -0.2) is 13.2 Å². The molecule has 2 rings (SSSR count). The van der Waals surface area contributed by atoms with Crippen molar-refractivity contribution in [2.75, 3.05) is 4.72 Å². The Labute approximate surface area is 127 Å². The second kappa shape index (κ2) is 5.50. The number of hydrogen-bond acceptors (Lipinski definition) is 4. The Morgan fingerprint density at radius 1 is 1.19 bits per heavy atom. The van der Waals surface area contributed by atoms with E-state index in [-0.39, 0.29) is 9.77 Å². The molecule has 0 aliphatic rings. The van der Waals surface area contributed by atoms with Gasteiger partial charge in [0.05, 0.1) is 5.69 Å². The van der Waals surface area contributed by atoms with Crippen molar-refractivity contribution >= 4 is 33.0 Å². The van der Waals surface area contributed by atoms with E-state index in [9.17, 15) is 13.2 Å². The Morgan fingerprint density at radius 3 is 2.43 bits per heavy atom. The van der Waals surface area contributed by atoms with Crippen molar-refractivity contribution in [2.24, 2.45) is 0 Å². The third kappa shape index (κ3) is 3.25. The summed E-state index contributed by atoms with van der Waals surface area (Å²) in [4.78, 5) is 11.4. The van der Waals surface area contributed by atoms with E-state index >= 15 is 0 Å². The van der Waals surface area contributed by atoms with Gasteiger partial charge < -0.3 is 5.11 Å². The van der Waals surface area contributed by atoms with Crippen LogP contribution in [0.15, 0.2) is 29.2 Å². The van der Waals surface area contributed by atoms with Crippen LogP contribution in [0.4, 0.5) is 5.69 Å². The molecule has 0 aliphatic heterocycles. The first-order valence-electron chi connectivity index (χ1n) is 6.14. The van der Waals surface area contributed by atoms with Crippen molar-refractivity contribution in [1.82, 2.24) is 0 Å². The van der Waals surface area contributed by atoms with E-state index in [0.717, 1.165) is 22.5 Å². The Bertz CT molecular complexity index is 806. The quantitative estimate of drug-likeness (QED) is 0.904. The summed E-state index contributed by atoms with van der Waals surface area (Å²) in [5.74, 6) is -1.13. The smallest absolute Gasteiger partial charge is 0.345 e. The lowest BCUT2D eigenvalue weighted by atomic mass is 10.1. The maximum absolute atomic E-state index is 12.4. The van der Waals surface area contributed by atoms with Crippen molar-refractivity contribution in [1.29, 1.82) is 0 Å². The van der Waals surface area contributed by atoms with Crippen LogP contribution < -0.4 is 4.72 Å². The average Bonchev–Trinajstić information content (AvgIpc) is 2.77. The van der Waals surface area contributed by atoms with Gasteiger partial charge in [-0.05, 0) is 44.0 Å². The maximum Gasteiger partial charge on any atom is 0.345 e. The second-order valence-corrected chi connectivity index (χ2v) is 7.67. The average molecular weight is 325 g/mol. The standard InChI is InChI=1S/C14H15NO4S2/c1-8-4-5-9(2)11(6-8)15-21(18,19)13-7-12(14(16)17)20-10(13)3/h4-7,15H,1-3H3,(H,16,17). The van der Waals surface area contributed by atoms with Gasteiger partial charge in [-0.3, -0.25) is 4.72 Å². The molecular weight excluding hydrogens is 310 g/mol. The fourth-order valence-corrected chi connectivity index (χ4v) is 4.44. The van der Waals surface area contributed by atoms with Gasteiger partial charge in [0.15, 0.2) is 0 Å². The summed E-state index contributed by atoms with van der Waals surface area (Å²) < 4.78 is 27.4. The number of rotatable bonds is 4. The lowest BCUT2D eigenvalue weighted by Crippen LogP contribution is -2.14. The normalized spacial score (nSPS) is 11.4. The summed E-state index contributed by atoms with van der Waals surface area (Å²) in [7, 11) is -3.80. The Morgan fingerprint density at radius 2 is 1.86 bits per heavy atom. The molecule has 112 valence electrons. The molecule has 5 nitrogen and oxygen atoms in total. The van der Waals surface area contributed by atoms with Gasteiger partial charge >= 0.3 is 5.97 Å². The van der Waals surface area contributed by atoms with E-state index in [2.05, 4.69) is 4.72 Å². The van der Waals surface area contributed by atoms with Crippen LogP contribution in [0.1, 0.15) is 25.7 Å². The number of sulfonamides is 1. The van der Waals surface area contributed by atoms with E-state index in [4.69, 9.17) is 5.11 Å². The number of hydrogen-bond donors (Lipinski definition) is 2. The van der Waals surface area contributed by atoms with Crippen LogP contribution in [0.5, 0.6) is 0 Å². The zero-order valence-electron chi connectivity index (χ0n) is 11.8. The molecule has 0 unspecified atom stereocenters. The lowest BCUT2D eigenvalue weighted by Gasteiger charge is -2.11. The highest BCUT2D eigenvalue weighted by Crippen LogP contribution is 2.28. The highest BCUT2D eigenvalue weighted by atomic mass is 32.2. The topological polar surface area (TPSA) is 83.5 Å². The highest BCUT2D eigenvalue weighted by molar-refractivity contribution is 7.93. The fraction of sp³-hybridized carbons (Fsp3) is 0.214. The first kappa shape index (κ1) is 15.5. The molecule has 0 bridgehead atoms. The summed E-state index contributed by atoms with van der Waals surface area (Å²) in [6, 6.07) is 6.66. The molecule has 0 aliphatic carbocycles. The molecule has 2 aromatic rings. The van der Waals surface area contributed by atoms with Gasteiger partial charge in [0.25, 0.3) is 10.0 Å². The number of aromatic carboxylic acids is 1. The monoisotopic (exact) mass is 325 g/mol. The number of carboxylic acid groups (broad SMARTS) is 1. The van der Waals surface area contributed by atoms with Crippen molar-refractivity contribution in [2.45, 2.75) is 25.7 Å². The van der Waals surface area contributed by atoms with E-state index < -0.39 is 16.0 Å². The predicted molar refractivity (Wildman–Crippen MR) is 82.7 cm³/mol. The largest absolute Gasteiger partial charge is 0.477 e. The minimum atomic E-state index is -3.80. The van der Waals surface area contributed by atoms with Crippen molar-refractivity contribution in [3.05, 3.63) is 45.1 Å². The van der Waals surface area contributed by atoms with Crippen molar-refractivity contribution in [3.8, 4) is 0 Å². The molecule has 0 saturated heterocycles. The van der Waals surface area contributed by atoms with E-state index in [1.54, 1.807) is 19.9 Å². The van der Waals surface area contributed by atoms with Crippen LogP contribution in [0.3, 0.4) is 0 Å². The zero-order chi connectivity index (χ0) is 15.8. The number of anilines is 1. The van der Waals surface area contributed by atoms with Crippen LogP contribution in [-0.4, -0.2) is 19.5 Å². The summed E-state index contributed by atoms with van der Waals surface area (Å²) in [6.07, 6.45) is 0. The minimum Gasteiger partial charge on any atom is -0.477 e. The molecule has 2 N–H and O–H groups in total. The van der Waals surface area contributed by atoms with Gasteiger partial charge in [0.1, 0.15) is 9.77 Å².